The number of para-hydroxylation sites is 2. The lowest BCUT2D eigenvalue weighted by atomic mass is 9.89. The van der Waals surface area contributed by atoms with Crippen molar-refractivity contribution in [2.24, 2.45) is 0 Å². The minimum Gasteiger partial charge on any atom is -0.244 e. The molecule has 0 saturated heterocycles. The molecule has 1 heterocycles. The van der Waals surface area contributed by atoms with Crippen LogP contribution in [-0.2, 0) is 9.84 Å². The van der Waals surface area contributed by atoms with Gasteiger partial charge in [0.25, 0.3) is 0 Å². The molecule has 0 unspecified atom stereocenters. The van der Waals surface area contributed by atoms with E-state index >= 15 is 0 Å². The molecule has 41 heavy (non-hydrogen) atoms. The van der Waals surface area contributed by atoms with Crippen LogP contribution >= 0.6 is 0 Å². The van der Waals surface area contributed by atoms with Gasteiger partial charge in [-0.3, -0.25) is 0 Å². The zero-order valence-corrected chi connectivity index (χ0v) is 22.6. The molecule has 194 valence electrons. The molecule has 0 fully saturated rings. The third-order valence-corrected chi connectivity index (χ3v) is 9.69. The molecule has 0 radical (unpaired) electrons. The van der Waals surface area contributed by atoms with Crippen molar-refractivity contribution >= 4 is 64.2 Å². The molecule has 5 heteroatoms. The van der Waals surface area contributed by atoms with Crippen LogP contribution in [0.15, 0.2) is 143 Å². The van der Waals surface area contributed by atoms with Crippen LogP contribution in [0.25, 0.3) is 65.5 Å². The van der Waals surface area contributed by atoms with E-state index in [2.05, 4.69) is 18.2 Å². The van der Waals surface area contributed by atoms with Crippen LogP contribution in [0.4, 0.5) is 0 Å². The van der Waals surface area contributed by atoms with E-state index in [1.54, 1.807) is 24.3 Å². The maximum Gasteiger partial charge on any atom is 0.207 e. The van der Waals surface area contributed by atoms with Gasteiger partial charge in [0.05, 0.1) is 31.9 Å². The van der Waals surface area contributed by atoms with Gasteiger partial charge in [-0.05, 0) is 57.6 Å². The lowest BCUT2D eigenvalue weighted by molar-refractivity contribution is 0.597. The molecule has 0 amide bonds. The normalized spacial score (nSPS) is 12.1. The number of sulfone groups is 1. The summed E-state index contributed by atoms with van der Waals surface area (Å²) in [5, 5.41) is 5.18. The van der Waals surface area contributed by atoms with Gasteiger partial charge in [-0.1, -0.05) is 103 Å². The zero-order valence-electron chi connectivity index (χ0n) is 21.8. The summed E-state index contributed by atoms with van der Waals surface area (Å²) < 4.78 is 28.4. The van der Waals surface area contributed by atoms with E-state index in [1.165, 1.54) is 0 Å². The molecule has 0 bridgehead atoms. The summed E-state index contributed by atoms with van der Waals surface area (Å²) in [6, 6.07) is 42.5. The van der Waals surface area contributed by atoms with Crippen molar-refractivity contribution in [2.45, 2.75) is 9.79 Å². The van der Waals surface area contributed by atoms with Crippen molar-refractivity contribution in [1.29, 1.82) is 0 Å². The standard InChI is InChI=1S/C36H22N2O2S/c39-41(40,23-12-2-1-3-13-23)36-28-18-8-5-15-25(28)34(26-16-6-9-19-29(26)36)30-22-33-35(27-17-7-4-14-24(27)30)38-32-21-11-10-20-31(32)37-33/h1-22H. The molecular weight excluding hydrogens is 524 g/mol. The second-order valence-corrected chi connectivity index (χ2v) is 12.0. The second-order valence-electron chi connectivity index (χ2n) is 10.2. The zero-order chi connectivity index (χ0) is 27.6. The minimum absolute atomic E-state index is 0.279. The van der Waals surface area contributed by atoms with E-state index in [-0.39, 0.29) is 4.90 Å². The Bertz CT molecular complexity index is 2380. The van der Waals surface area contributed by atoms with Crippen LogP contribution in [0.2, 0.25) is 0 Å². The molecule has 0 saturated carbocycles. The van der Waals surface area contributed by atoms with Gasteiger partial charge in [-0.15, -0.1) is 0 Å². The fraction of sp³-hybridized carbons (Fsp3) is 0. The predicted octanol–water partition coefficient (Wildman–Crippen LogP) is 8.74. The first-order chi connectivity index (χ1) is 20.1. The number of rotatable bonds is 3. The number of fused-ring (bicyclic) bond motifs is 6. The van der Waals surface area contributed by atoms with Crippen LogP contribution in [-0.4, -0.2) is 18.4 Å². The third-order valence-electron chi connectivity index (χ3n) is 7.82. The van der Waals surface area contributed by atoms with Crippen LogP contribution in [0.5, 0.6) is 0 Å². The van der Waals surface area contributed by atoms with Gasteiger partial charge in [-0.25, -0.2) is 18.4 Å². The molecule has 0 atom stereocenters. The van der Waals surface area contributed by atoms with Gasteiger partial charge in [-0.2, -0.15) is 0 Å². The average Bonchev–Trinajstić information content (AvgIpc) is 3.02. The molecule has 7 aromatic carbocycles. The maximum absolute atomic E-state index is 14.2. The van der Waals surface area contributed by atoms with Crippen LogP contribution in [0.3, 0.4) is 0 Å². The van der Waals surface area contributed by atoms with Crippen LogP contribution < -0.4 is 0 Å². The van der Waals surface area contributed by atoms with E-state index in [9.17, 15) is 8.42 Å². The summed E-state index contributed by atoms with van der Waals surface area (Å²) >= 11 is 0. The van der Waals surface area contributed by atoms with Crippen LogP contribution in [0.1, 0.15) is 0 Å². The van der Waals surface area contributed by atoms with Gasteiger partial charge >= 0.3 is 0 Å². The van der Waals surface area contributed by atoms with E-state index in [0.717, 1.165) is 54.7 Å². The Kier molecular flexibility index (Phi) is 5.18. The summed E-state index contributed by atoms with van der Waals surface area (Å²) in [6.45, 7) is 0. The topological polar surface area (TPSA) is 59.9 Å². The van der Waals surface area contributed by atoms with Crippen LogP contribution in [0, 0.1) is 0 Å². The first kappa shape index (κ1) is 23.7. The van der Waals surface area contributed by atoms with Gasteiger partial charge in [0, 0.05) is 16.2 Å². The molecule has 4 nitrogen and oxygen atoms in total. The number of hydrogen-bond acceptors (Lipinski definition) is 4. The Balaban J connectivity index is 1.56. The van der Waals surface area contributed by atoms with Gasteiger partial charge in [0.1, 0.15) is 0 Å². The lowest BCUT2D eigenvalue weighted by Crippen LogP contribution is -2.05. The molecular formula is C36H22N2O2S. The third kappa shape index (κ3) is 3.56. The molecule has 0 aliphatic carbocycles. The second kappa shape index (κ2) is 8.95. The number of nitrogens with zero attached hydrogens (tertiary/aromatic N) is 2. The van der Waals surface area contributed by atoms with Gasteiger partial charge in [0.2, 0.25) is 9.84 Å². The quantitative estimate of drug-likeness (QED) is 0.164. The van der Waals surface area contributed by atoms with Crippen molar-refractivity contribution in [2.75, 3.05) is 0 Å². The number of benzene rings is 7. The highest BCUT2D eigenvalue weighted by atomic mass is 32.2. The monoisotopic (exact) mass is 546 g/mol. The minimum atomic E-state index is -3.81. The first-order valence-corrected chi connectivity index (χ1v) is 14.9. The smallest absolute Gasteiger partial charge is 0.207 e. The van der Waals surface area contributed by atoms with Gasteiger partial charge in [0.15, 0.2) is 0 Å². The summed E-state index contributed by atoms with van der Waals surface area (Å²) in [6.07, 6.45) is 0. The highest BCUT2D eigenvalue weighted by Crippen LogP contribution is 2.45. The number of hydrogen-bond donors (Lipinski definition) is 0. The van der Waals surface area contributed by atoms with Crippen molar-refractivity contribution in [1.82, 2.24) is 9.97 Å². The van der Waals surface area contributed by atoms with Crippen molar-refractivity contribution in [3.63, 3.8) is 0 Å². The van der Waals surface area contributed by atoms with E-state index < -0.39 is 9.84 Å². The van der Waals surface area contributed by atoms with E-state index in [0.29, 0.717) is 15.7 Å². The summed E-state index contributed by atoms with van der Waals surface area (Å²) in [5.41, 5.74) is 5.31. The number of aromatic nitrogens is 2. The molecule has 8 aromatic rings. The Hall–Kier alpha value is -5.13. The van der Waals surface area contributed by atoms with E-state index in [1.807, 2.05) is 91.0 Å². The van der Waals surface area contributed by atoms with Crippen molar-refractivity contribution in [3.8, 4) is 11.1 Å². The first-order valence-electron chi connectivity index (χ1n) is 13.4. The fourth-order valence-electron chi connectivity index (χ4n) is 6.04. The highest BCUT2D eigenvalue weighted by molar-refractivity contribution is 7.92. The van der Waals surface area contributed by atoms with E-state index in [4.69, 9.17) is 9.97 Å². The molecule has 0 aliphatic rings. The Morgan fingerprint density at radius 2 is 0.927 bits per heavy atom. The molecule has 0 N–H and O–H groups in total. The van der Waals surface area contributed by atoms with Gasteiger partial charge < -0.3 is 0 Å². The molecule has 1 aromatic heterocycles. The summed E-state index contributed by atoms with van der Waals surface area (Å²) in [5.74, 6) is 0. The molecule has 0 spiro atoms. The Labute approximate surface area is 236 Å². The molecule has 0 aliphatic heterocycles. The largest absolute Gasteiger partial charge is 0.244 e. The highest BCUT2D eigenvalue weighted by Gasteiger charge is 2.26. The summed E-state index contributed by atoms with van der Waals surface area (Å²) in [4.78, 5) is 10.6. The van der Waals surface area contributed by atoms with Crippen molar-refractivity contribution < 1.29 is 8.42 Å². The van der Waals surface area contributed by atoms with Crippen molar-refractivity contribution in [3.05, 3.63) is 133 Å². The average molecular weight is 547 g/mol. The Morgan fingerprint density at radius 3 is 1.56 bits per heavy atom. The maximum atomic E-state index is 14.2. The predicted molar refractivity (Wildman–Crippen MR) is 167 cm³/mol. The fourth-order valence-corrected chi connectivity index (χ4v) is 7.73. The summed E-state index contributed by atoms with van der Waals surface area (Å²) in [7, 11) is -3.81. The molecule has 8 rings (SSSR count). The SMILES string of the molecule is O=S(=O)(c1ccccc1)c1c2ccccc2c(-c2cc3nc4ccccc4nc3c3ccccc23)c2ccccc12. The Morgan fingerprint density at radius 1 is 0.439 bits per heavy atom. The lowest BCUT2D eigenvalue weighted by Gasteiger charge is -2.19.